The predicted octanol–water partition coefficient (Wildman–Crippen LogP) is 1.93. The minimum atomic E-state index is -3.42. The Balaban J connectivity index is 3.49. The van der Waals surface area contributed by atoms with Gasteiger partial charge < -0.3 is 14.8 Å². The summed E-state index contributed by atoms with van der Waals surface area (Å²) in [6.45, 7) is 3.11. The maximum absolute atomic E-state index is 14.3. The Morgan fingerprint density at radius 1 is 1.19 bits per heavy atom. The SMILES string of the molecule is CNC(c1cc(OC)c(OC)cc1F)C(C)(C)S(C)(=O)=O. The Labute approximate surface area is 125 Å². The van der Waals surface area contributed by atoms with Gasteiger partial charge in [0.15, 0.2) is 21.3 Å². The molecule has 1 aromatic carbocycles. The number of benzene rings is 1. The van der Waals surface area contributed by atoms with Crippen molar-refractivity contribution < 1.29 is 22.3 Å². The Morgan fingerprint density at radius 2 is 1.67 bits per heavy atom. The van der Waals surface area contributed by atoms with Crippen LogP contribution in [0, 0.1) is 5.82 Å². The molecule has 0 aromatic heterocycles. The molecule has 5 nitrogen and oxygen atoms in total. The summed E-state index contributed by atoms with van der Waals surface area (Å²) in [7, 11) is 1.03. The van der Waals surface area contributed by atoms with Gasteiger partial charge in [-0.3, -0.25) is 0 Å². The molecule has 1 atom stereocenters. The zero-order valence-electron chi connectivity index (χ0n) is 13.2. The lowest BCUT2D eigenvalue weighted by molar-refractivity contribution is 0.348. The van der Waals surface area contributed by atoms with Crippen LogP contribution in [0.15, 0.2) is 12.1 Å². The maximum atomic E-state index is 14.3. The average molecular weight is 319 g/mol. The molecule has 0 aliphatic rings. The van der Waals surface area contributed by atoms with Gasteiger partial charge in [0.25, 0.3) is 0 Å². The van der Waals surface area contributed by atoms with Crippen molar-refractivity contribution in [3.05, 3.63) is 23.5 Å². The smallest absolute Gasteiger partial charge is 0.163 e. The second kappa shape index (κ2) is 6.19. The van der Waals surface area contributed by atoms with E-state index < -0.39 is 26.4 Å². The third-order valence-corrected chi connectivity index (χ3v) is 5.90. The van der Waals surface area contributed by atoms with E-state index in [9.17, 15) is 12.8 Å². The monoisotopic (exact) mass is 319 g/mol. The number of methoxy groups -OCH3 is 2. The van der Waals surface area contributed by atoms with E-state index in [0.29, 0.717) is 5.75 Å². The molecule has 7 heteroatoms. The third kappa shape index (κ3) is 3.29. The highest BCUT2D eigenvalue weighted by Gasteiger charge is 2.40. The minimum Gasteiger partial charge on any atom is -0.493 e. The van der Waals surface area contributed by atoms with E-state index in [1.165, 1.54) is 26.4 Å². The fraction of sp³-hybridized carbons (Fsp3) is 0.571. The number of hydrogen-bond acceptors (Lipinski definition) is 5. The van der Waals surface area contributed by atoms with Gasteiger partial charge >= 0.3 is 0 Å². The maximum Gasteiger partial charge on any atom is 0.163 e. The third-order valence-electron chi connectivity index (χ3n) is 3.75. The lowest BCUT2D eigenvalue weighted by Gasteiger charge is -2.33. The number of rotatable bonds is 6. The molecule has 120 valence electrons. The summed E-state index contributed by atoms with van der Waals surface area (Å²) in [5.74, 6) is 0.0490. The zero-order chi connectivity index (χ0) is 16.4. The highest BCUT2D eigenvalue weighted by molar-refractivity contribution is 7.92. The van der Waals surface area contributed by atoms with E-state index in [2.05, 4.69) is 5.32 Å². The molecule has 1 unspecified atom stereocenters. The van der Waals surface area contributed by atoms with Crippen molar-refractivity contribution in [1.29, 1.82) is 0 Å². The van der Waals surface area contributed by atoms with Crippen LogP contribution in [0.3, 0.4) is 0 Å². The largest absolute Gasteiger partial charge is 0.493 e. The van der Waals surface area contributed by atoms with Gasteiger partial charge in [-0.1, -0.05) is 0 Å². The number of ether oxygens (including phenoxy) is 2. The van der Waals surface area contributed by atoms with Gasteiger partial charge in [-0.05, 0) is 27.0 Å². The molecule has 1 rings (SSSR count). The van der Waals surface area contributed by atoms with Crippen LogP contribution in [-0.2, 0) is 9.84 Å². The molecular formula is C14H22FNO4S. The highest BCUT2D eigenvalue weighted by Crippen LogP contribution is 2.38. The Morgan fingerprint density at radius 3 is 2.05 bits per heavy atom. The fourth-order valence-electron chi connectivity index (χ4n) is 2.18. The molecule has 0 saturated carbocycles. The molecule has 0 aliphatic carbocycles. The summed E-state index contributed by atoms with van der Waals surface area (Å²) in [6, 6.07) is 1.92. The van der Waals surface area contributed by atoms with Crippen molar-refractivity contribution in [3.8, 4) is 11.5 Å². The normalized spacial score (nSPS) is 13.9. The van der Waals surface area contributed by atoms with Crippen molar-refractivity contribution in [2.75, 3.05) is 27.5 Å². The van der Waals surface area contributed by atoms with Crippen molar-refractivity contribution in [3.63, 3.8) is 0 Å². The van der Waals surface area contributed by atoms with Gasteiger partial charge in [-0.25, -0.2) is 12.8 Å². The average Bonchev–Trinajstić information content (AvgIpc) is 2.39. The van der Waals surface area contributed by atoms with Crippen molar-refractivity contribution in [2.45, 2.75) is 24.6 Å². The lowest BCUT2D eigenvalue weighted by Crippen LogP contribution is -2.44. The van der Waals surface area contributed by atoms with Crippen molar-refractivity contribution in [2.24, 2.45) is 0 Å². The number of sulfone groups is 1. The topological polar surface area (TPSA) is 64.6 Å². The molecular weight excluding hydrogens is 297 g/mol. The summed E-state index contributed by atoms with van der Waals surface area (Å²) in [5, 5.41) is 2.88. The predicted molar refractivity (Wildman–Crippen MR) is 80.2 cm³/mol. The van der Waals surface area contributed by atoms with E-state index in [4.69, 9.17) is 9.47 Å². The minimum absolute atomic E-state index is 0.213. The van der Waals surface area contributed by atoms with Crippen LogP contribution >= 0.6 is 0 Å². The summed E-state index contributed by atoms with van der Waals surface area (Å²) < 4.78 is 47.3. The molecule has 0 radical (unpaired) electrons. The fourth-order valence-corrected chi connectivity index (χ4v) is 2.86. The highest BCUT2D eigenvalue weighted by atomic mass is 32.2. The summed E-state index contributed by atoms with van der Waals surface area (Å²) in [4.78, 5) is 0. The van der Waals surface area contributed by atoms with E-state index in [0.717, 1.165) is 6.26 Å². The van der Waals surface area contributed by atoms with Crippen LogP contribution in [-0.4, -0.2) is 40.7 Å². The summed E-state index contributed by atoms with van der Waals surface area (Å²) in [6.07, 6.45) is 1.13. The number of hydrogen-bond donors (Lipinski definition) is 1. The van der Waals surface area contributed by atoms with Gasteiger partial charge in [0, 0.05) is 17.9 Å². The quantitative estimate of drug-likeness (QED) is 0.868. The van der Waals surface area contributed by atoms with Crippen molar-refractivity contribution in [1.82, 2.24) is 5.32 Å². The van der Waals surface area contributed by atoms with Gasteiger partial charge in [0.2, 0.25) is 0 Å². The molecule has 0 aliphatic heterocycles. The molecule has 0 bridgehead atoms. The number of nitrogens with one attached hydrogen (secondary N) is 1. The first kappa shape index (κ1) is 17.7. The lowest BCUT2D eigenvalue weighted by atomic mass is 9.94. The molecule has 0 heterocycles. The molecule has 0 spiro atoms. The van der Waals surface area contributed by atoms with Crippen LogP contribution < -0.4 is 14.8 Å². The molecule has 0 saturated heterocycles. The van der Waals surface area contributed by atoms with Crippen LogP contribution in [0.5, 0.6) is 11.5 Å². The van der Waals surface area contributed by atoms with Gasteiger partial charge in [-0.2, -0.15) is 0 Å². The van der Waals surface area contributed by atoms with E-state index >= 15 is 0 Å². The molecule has 1 aromatic rings. The van der Waals surface area contributed by atoms with E-state index in [1.54, 1.807) is 20.9 Å². The van der Waals surface area contributed by atoms with Crippen LogP contribution in [0.25, 0.3) is 0 Å². The van der Waals surface area contributed by atoms with Gasteiger partial charge in [-0.15, -0.1) is 0 Å². The first-order valence-electron chi connectivity index (χ1n) is 6.38. The Kier molecular flexibility index (Phi) is 5.22. The summed E-state index contributed by atoms with van der Waals surface area (Å²) in [5.41, 5.74) is 0.213. The first-order chi connectivity index (χ1) is 9.60. The van der Waals surface area contributed by atoms with E-state index in [1.807, 2.05) is 0 Å². The van der Waals surface area contributed by atoms with E-state index in [-0.39, 0.29) is 11.3 Å². The molecule has 0 fully saturated rings. The summed E-state index contributed by atoms with van der Waals surface area (Å²) >= 11 is 0. The zero-order valence-corrected chi connectivity index (χ0v) is 14.0. The molecule has 1 N–H and O–H groups in total. The van der Waals surface area contributed by atoms with Crippen LogP contribution in [0.1, 0.15) is 25.5 Å². The van der Waals surface area contributed by atoms with Gasteiger partial charge in [0.05, 0.1) is 25.0 Å². The Bertz CT molecular complexity index is 614. The first-order valence-corrected chi connectivity index (χ1v) is 8.27. The second-order valence-electron chi connectivity index (χ2n) is 5.33. The Hall–Kier alpha value is -1.34. The van der Waals surface area contributed by atoms with Crippen molar-refractivity contribution >= 4 is 9.84 Å². The number of halogens is 1. The van der Waals surface area contributed by atoms with Crippen LogP contribution in [0.4, 0.5) is 4.39 Å². The van der Waals surface area contributed by atoms with Crippen LogP contribution in [0.2, 0.25) is 0 Å². The van der Waals surface area contributed by atoms with Gasteiger partial charge in [0.1, 0.15) is 5.82 Å². The molecule has 0 amide bonds. The standard InChI is InChI=1S/C14H22FNO4S/c1-14(2,21(6,17)18)13(16-3)9-7-11(19-4)12(20-5)8-10(9)15/h7-8,13,16H,1-6H3. The molecule has 21 heavy (non-hydrogen) atoms. The second-order valence-corrected chi connectivity index (χ2v) is 7.92.